The third kappa shape index (κ3) is 4.05. The first-order valence-corrected chi connectivity index (χ1v) is 6.02. The van der Waals surface area contributed by atoms with Crippen molar-refractivity contribution in [3.63, 3.8) is 0 Å². The Balaban J connectivity index is 2.57. The first kappa shape index (κ1) is 12.3. The van der Waals surface area contributed by atoms with Crippen LogP contribution in [0.4, 0.5) is 10.8 Å². The van der Waals surface area contributed by atoms with E-state index in [0.717, 1.165) is 26.1 Å². The predicted molar refractivity (Wildman–Crippen MR) is 67.6 cm³/mol. The minimum atomic E-state index is 0.626. The van der Waals surface area contributed by atoms with Crippen molar-refractivity contribution in [2.75, 3.05) is 44.4 Å². The third-order valence-corrected chi connectivity index (χ3v) is 3.00. The lowest BCUT2D eigenvalue weighted by Crippen LogP contribution is -2.31. The molecule has 4 nitrogen and oxygen atoms in total. The molecule has 0 spiro atoms. The summed E-state index contributed by atoms with van der Waals surface area (Å²) in [4.78, 5) is 4.53. The molecule has 0 aliphatic carbocycles. The summed E-state index contributed by atoms with van der Waals surface area (Å²) in [5, 5.41) is 1.18. The van der Waals surface area contributed by atoms with Gasteiger partial charge in [0.05, 0.1) is 0 Å². The second-order valence-electron chi connectivity index (χ2n) is 3.88. The van der Waals surface area contributed by atoms with Crippen molar-refractivity contribution < 1.29 is 0 Å². The molecule has 2 N–H and O–H groups in total. The predicted octanol–water partition coefficient (Wildman–Crippen LogP) is 1.50. The van der Waals surface area contributed by atoms with Gasteiger partial charge < -0.3 is 15.5 Å². The van der Waals surface area contributed by atoms with Crippen LogP contribution in [0.5, 0.6) is 0 Å². The Labute approximate surface area is 95.8 Å². The van der Waals surface area contributed by atoms with E-state index in [9.17, 15) is 0 Å². The third-order valence-electron chi connectivity index (χ3n) is 2.14. The highest BCUT2D eigenvalue weighted by Crippen LogP contribution is 2.22. The molecule has 0 bridgehead atoms. The normalized spacial score (nSPS) is 10.9. The Morgan fingerprint density at radius 3 is 2.53 bits per heavy atom. The molecule has 0 unspecified atom stereocenters. The first-order valence-electron chi connectivity index (χ1n) is 5.25. The molecule has 0 aromatic carbocycles. The van der Waals surface area contributed by atoms with Gasteiger partial charge in [-0.2, -0.15) is 4.37 Å². The van der Waals surface area contributed by atoms with Gasteiger partial charge in [0.2, 0.25) is 0 Å². The maximum atomic E-state index is 5.63. The van der Waals surface area contributed by atoms with Crippen LogP contribution in [0.3, 0.4) is 0 Å². The molecule has 1 aromatic heterocycles. The molecular weight excluding hydrogens is 208 g/mol. The fourth-order valence-corrected chi connectivity index (χ4v) is 2.07. The van der Waals surface area contributed by atoms with Gasteiger partial charge in [-0.05, 0) is 32.0 Å². The Bertz CT molecular complexity index is 285. The van der Waals surface area contributed by atoms with Gasteiger partial charge in [-0.25, -0.2) is 0 Å². The van der Waals surface area contributed by atoms with Crippen molar-refractivity contribution >= 4 is 22.4 Å². The maximum absolute atomic E-state index is 5.63. The number of anilines is 2. The number of hydrogen-bond acceptors (Lipinski definition) is 5. The summed E-state index contributed by atoms with van der Waals surface area (Å²) in [6.07, 6.45) is 1.14. The van der Waals surface area contributed by atoms with Crippen LogP contribution in [0.2, 0.25) is 0 Å². The largest absolute Gasteiger partial charge is 0.383 e. The van der Waals surface area contributed by atoms with Gasteiger partial charge in [-0.3, -0.25) is 0 Å². The van der Waals surface area contributed by atoms with Crippen molar-refractivity contribution in [3.05, 3.63) is 6.07 Å². The molecule has 15 heavy (non-hydrogen) atoms. The smallest absolute Gasteiger partial charge is 0.139 e. The SMILES string of the molecule is CCCN(CCN(C)C)c1cc(N)ns1. The number of likely N-dealkylation sites (N-methyl/N-ethyl adjacent to an activating group) is 1. The lowest BCUT2D eigenvalue weighted by atomic mass is 10.4. The van der Waals surface area contributed by atoms with Crippen LogP contribution in [0.25, 0.3) is 0 Å². The van der Waals surface area contributed by atoms with Crippen LogP contribution < -0.4 is 10.6 Å². The molecule has 1 aromatic rings. The van der Waals surface area contributed by atoms with Gasteiger partial charge in [0, 0.05) is 25.7 Å². The molecule has 0 saturated carbocycles. The summed E-state index contributed by atoms with van der Waals surface area (Å²) >= 11 is 1.48. The van der Waals surface area contributed by atoms with Crippen molar-refractivity contribution in [1.29, 1.82) is 0 Å². The highest BCUT2D eigenvalue weighted by molar-refractivity contribution is 7.10. The molecule has 1 heterocycles. The standard InChI is InChI=1S/C10H20N4S/c1-4-5-14(7-6-13(2)3)10-8-9(11)12-15-10/h8H,4-7H2,1-3H3,(H2,11,12). The number of rotatable bonds is 6. The average Bonchev–Trinajstić information content (AvgIpc) is 2.59. The fraction of sp³-hybridized carbons (Fsp3) is 0.700. The maximum Gasteiger partial charge on any atom is 0.139 e. The summed E-state index contributed by atoms with van der Waals surface area (Å²) in [5.74, 6) is 0.626. The second kappa shape index (κ2) is 5.92. The number of aromatic nitrogens is 1. The number of nitrogens with two attached hydrogens (primary N) is 1. The van der Waals surface area contributed by atoms with Crippen LogP contribution in [-0.4, -0.2) is 43.0 Å². The number of hydrogen-bond donors (Lipinski definition) is 1. The van der Waals surface area contributed by atoms with Gasteiger partial charge in [-0.1, -0.05) is 6.92 Å². The van der Waals surface area contributed by atoms with Crippen LogP contribution in [0, 0.1) is 0 Å². The van der Waals surface area contributed by atoms with Crippen molar-refractivity contribution in [1.82, 2.24) is 9.27 Å². The van der Waals surface area contributed by atoms with Crippen LogP contribution in [0.15, 0.2) is 6.07 Å². The summed E-state index contributed by atoms with van der Waals surface area (Å²) < 4.78 is 4.11. The van der Waals surface area contributed by atoms with Gasteiger partial charge in [0.15, 0.2) is 0 Å². The zero-order valence-corrected chi connectivity index (χ0v) is 10.5. The summed E-state index contributed by atoms with van der Waals surface area (Å²) in [5.41, 5.74) is 5.63. The molecule has 5 heteroatoms. The topological polar surface area (TPSA) is 45.4 Å². The van der Waals surface area contributed by atoms with E-state index in [1.807, 2.05) is 6.07 Å². The van der Waals surface area contributed by atoms with E-state index in [0.29, 0.717) is 5.82 Å². The lowest BCUT2D eigenvalue weighted by molar-refractivity contribution is 0.413. The van der Waals surface area contributed by atoms with Crippen molar-refractivity contribution in [3.8, 4) is 0 Å². The molecule has 0 aliphatic heterocycles. The van der Waals surface area contributed by atoms with E-state index in [-0.39, 0.29) is 0 Å². The average molecular weight is 228 g/mol. The molecular formula is C10H20N4S. The van der Waals surface area contributed by atoms with Crippen molar-refractivity contribution in [2.24, 2.45) is 0 Å². The molecule has 0 saturated heterocycles. The highest BCUT2D eigenvalue weighted by Gasteiger charge is 2.08. The quantitative estimate of drug-likeness (QED) is 0.801. The van der Waals surface area contributed by atoms with Crippen LogP contribution >= 0.6 is 11.5 Å². The Morgan fingerprint density at radius 1 is 1.33 bits per heavy atom. The second-order valence-corrected chi connectivity index (χ2v) is 4.66. The molecule has 86 valence electrons. The van der Waals surface area contributed by atoms with E-state index in [1.54, 1.807) is 0 Å². The Hall–Kier alpha value is -0.810. The molecule has 1 rings (SSSR count). The van der Waals surface area contributed by atoms with Gasteiger partial charge in [-0.15, -0.1) is 0 Å². The first-order chi connectivity index (χ1) is 7.13. The summed E-state index contributed by atoms with van der Waals surface area (Å²) in [7, 11) is 4.18. The Kier molecular flexibility index (Phi) is 4.84. The van der Waals surface area contributed by atoms with Gasteiger partial charge in [0.25, 0.3) is 0 Å². The zero-order valence-electron chi connectivity index (χ0n) is 9.73. The molecule has 0 amide bonds. The minimum absolute atomic E-state index is 0.626. The minimum Gasteiger partial charge on any atom is -0.383 e. The lowest BCUT2D eigenvalue weighted by Gasteiger charge is -2.23. The molecule has 0 fully saturated rings. The van der Waals surface area contributed by atoms with E-state index in [1.165, 1.54) is 16.5 Å². The van der Waals surface area contributed by atoms with Crippen molar-refractivity contribution in [2.45, 2.75) is 13.3 Å². The Morgan fingerprint density at radius 2 is 2.07 bits per heavy atom. The van der Waals surface area contributed by atoms with Gasteiger partial charge in [0.1, 0.15) is 10.8 Å². The molecule has 0 aliphatic rings. The van der Waals surface area contributed by atoms with Gasteiger partial charge >= 0.3 is 0 Å². The fourth-order valence-electron chi connectivity index (χ4n) is 1.35. The highest BCUT2D eigenvalue weighted by atomic mass is 32.1. The van der Waals surface area contributed by atoms with E-state index >= 15 is 0 Å². The van der Waals surface area contributed by atoms with Crippen LogP contribution in [0.1, 0.15) is 13.3 Å². The molecule has 0 atom stereocenters. The monoisotopic (exact) mass is 228 g/mol. The summed E-state index contributed by atoms with van der Waals surface area (Å²) in [6.45, 7) is 5.34. The van der Waals surface area contributed by atoms with E-state index in [4.69, 9.17) is 5.73 Å². The van der Waals surface area contributed by atoms with E-state index in [2.05, 4.69) is 35.2 Å². The van der Waals surface area contributed by atoms with Crippen LogP contribution in [-0.2, 0) is 0 Å². The number of nitrogens with zero attached hydrogens (tertiary/aromatic N) is 3. The van der Waals surface area contributed by atoms with E-state index < -0.39 is 0 Å². The summed E-state index contributed by atoms with van der Waals surface area (Å²) in [6, 6.07) is 1.95. The zero-order chi connectivity index (χ0) is 11.3. The molecule has 0 radical (unpaired) electrons. The number of nitrogen functional groups attached to an aromatic ring is 1.